The standard InChI is InChI=1S/C21H28N4O2/c1-3-10-25-19(26)18(13-15-14-22-17-7-5-4-6-16(15)17)23-20(27)21(25)8-11-24(2)12-9-21/h4-7,14,18,22H,3,8-13H2,1-2H3,(H,23,27). The number of amides is 2. The largest absolute Gasteiger partial charge is 0.361 e. The first kappa shape index (κ1) is 18.0. The minimum Gasteiger partial charge on any atom is -0.361 e. The molecule has 2 saturated heterocycles. The van der Waals surface area contributed by atoms with Gasteiger partial charge in [-0.05, 0) is 37.9 Å². The van der Waals surface area contributed by atoms with Gasteiger partial charge >= 0.3 is 0 Å². The third-order valence-corrected chi connectivity index (χ3v) is 6.17. The first-order valence-corrected chi connectivity index (χ1v) is 9.91. The average molecular weight is 368 g/mol. The van der Waals surface area contributed by atoms with Crippen LogP contribution in [0.25, 0.3) is 10.9 Å². The first-order valence-electron chi connectivity index (χ1n) is 9.91. The Balaban J connectivity index is 1.61. The Hall–Kier alpha value is -2.34. The molecule has 1 unspecified atom stereocenters. The van der Waals surface area contributed by atoms with Crippen molar-refractivity contribution in [3.8, 4) is 0 Å². The highest BCUT2D eigenvalue weighted by Gasteiger charge is 2.52. The molecule has 3 heterocycles. The van der Waals surface area contributed by atoms with Gasteiger partial charge in [0.25, 0.3) is 0 Å². The zero-order chi connectivity index (χ0) is 19.0. The molecule has 1 atom stereocenters. The monoisotopic (exact) mass is 368 g/mol. The molecular weight excluding hydrogens is 340 g/mol. The van der Waals surface area contributed by atoms with Gasteiger partial charge in [0.05, 0.1) is 0 Å². The van der Waals surface area contributed by atoms with Gasteiger partial charge in [-0.15, -0.1) is 0 Å². The number of para-hydroxylation sites is 1. The van der Waals surface area contributed by atoms with Gasteiger partial charge in [0.15, 0.2) is 0 Å². The number of benzene rings is 1. The molecule has 1 spiro atoms. The molecule has 2 N–H and O–H groups in total. The average Bonchev–Trinajstić information content (AvgIpc) is 3.08. The summed E-state index contributed by atoms with van der Waals surface area (Å²) in [6.07, 6.45) is 4.75. The Morgan fingerprint density at radius 2 is 1.93 bits per heavy atom. The molecule has 0 saturated carbocycles. The van der Waals surface area contributed by atoms with E-state index in [0.717, 1.165) is 36.0 Å². The van der Waals surface area contributed by atoms with Crippen molar-refractivity contribution in [2.75, 3.05) is 26.7 Å². The predicted molar refractivity (Wildman–Crippen MR) is 105 cm³/mol. The summed E-state index contributed by atoms with van der Waals surface area (Å²) in [6.45, 7) is 4.39. The van der Waals surface area contributed by atoms with Gasteiger partial charge in [0, 0.05) is 43.2 Å². The minimum absolute atomic E-state index is 0.0218. The molecule has 2 aliphatic heterocycles. The quantitative estimate of drug-likeness (QED) is 0.866. The molecule has 0 aliphatic carbocycles. The topological polar surface area (TPSA) is 68.4 Å². The van der Waals surface area contributed by atoms with Gasteiger partial charge in [0.2, 0.25) is 11.8 Å². The van der Waals surface area contributed by atoms with Crippen LogP contribution in [0.15, 0.2) is 30.5 Å². The van der Waals surface area contributed by atoms with Crippen molar-refractivity contribution >= 4 is 22.7 Å². The van der Waals surface area contributed by atoms with Crippen molar-refractivity contribution in [2.45, 2.75) is 44.2 Å². The summed E-state index contributed by atoms with van der Waals surface area (Å²) < 4.78 is 0. The molecule has 2 fully saturated rings. The van der Waals surface area contributed by atoms with Crippen molar-refractivity contribution in [3.05, 3.63) is 36.0 Å². The number of carbonyl (C=O) groups excluding carboxylic acids is 2. The van der Waals surface area contributed by atoms with Gasteiger partial charge in [-0.3, -0.25) is 9.59 Å². The highest BCUT2D eigenvalue weighted by atomic mass is 16.2. The van der Waals surface area contributed by atoms with Gasteiger partial charge in [0.1, 0.15) is 11.6 Å². The number of carbonyl (C=O) groups is 2. The highest BCUT2D eigenvalue weighted by molar-refractivity contribution is 6.00. The van der Waals surface area contributed by atoms with Crippen LogP contribution in [0, 0.1) is 0 Å². The second-order valence-electron chi connectivity index (χ2n) is 7.91. The molecule has 0 bridgehead atoms. The van der Waals surface area contributed by atoms with E-state index in [4.69, 9.17) is 0 Å². The molecule has 4 rings (SSSR count). The SMILES string of the molecule is CCCN1C(=O)C(Cc2c[nH]c3ccccc23)NC(=O)C12CCN(C)CC2. The molecule has 144 valence electrons. The van der Waals surface area contributed by atoms with Crippen molar-refractivity contribution in [1.29, 1.82) is 0 Å². The fourth-order valence-electron chi connectivity index (χ4n) is 4.57. The Kier molecular flexibility index (Phi) is 4.68. The van der Waals surface area contributed by atoms with Crippen molar-refractivity contribution in [3.63, 3.8) is 0 Å². The summed E-state index contributed by atoms with van der Waals surface area (Å²) in [5.74, 6) is 0.0831. The van der Waals surface area contributed by atoms with Crippen LogP contribution in [0.3, 0.4) is 0 Å². The maximum atomic E-state index is 13.4. The van der Waals surface area contributed by atoms with Crippen LogP contribution in [-0.4, -0.2) is 64.9 Å². The Morgan fingerprint density at radius 3 is 2.67 bits per heavy atom. The van der Waals surface area contributed by atoms with E-state index >= 15 is 0 Å². The predicted octanol–water partition coefficient (Wildman–Crippen LogP) is 1.91. The van der Waals surface area contributed by atoms with Crippen molar-refractivity contribution in [1.82, 2.24) is 20.1 Å². The molecule has 6 heteroatoms. The van der Waals surface area contributed by atoms with Crippen molar-refractivity contribution < 1.29 is 9.59 Å². The van der Waals surface area contributed by atoms with E-state index in [9.17, 15) is 9.59 Å². The number of hydrogen-bond acceptors (Lipinski definition) is 3. The van der Waals surface area contributed by atoms with E-state index in [0.29, 0.717) is 25.8 Å². The molecule has 2 aromatic rings. The van der Waals surface area contributed by atoms with Crippen LogP contribution in [-0.2, 0) is 16.0 Å². The van der Waals surface area contributed by atoms with Crippen LogP contribution in [0.1, 0.15) is 31.7 Å². The van der Waals surface area contributed by atoms with E-state index in [1.54, 1.807) is 0 Å². The number of aromatic amines is 1. The third kappa shape index (κ3) is 3.02. The van der Waals surface area contributed by atoms with E-state index in [2.05, 4.69) is 35.2 Å². The van der Waals surface area contributed by atoms with E-state index in [-0.39, 0.29) is 11.8 Å². The van der Waals surface area contributed by atoms with Crippen LogP contribution in [0.5, 0.6) is 0 Å². The van der Waals surface area contributed by atoms with Crippen LogP contribution < -0.4 is 5.32 Å². The van der Waals surface area contributed by atoms with E-state index in [1.807, 2.05) is 29.3 Å². The highest BCUT2D eigenvalue weighted by Crippen LogP contribution is 2.33. The second-order valence-corrected chi connectivity index (χ2v) is 7.91. The lowest BCUT2D eigenvalue weighted by Crippen LogP contribution is -2.73. The van der Waals surface area contributed by atoms with Crippen LogP contribution in [0.2, 0.25) is 0 Å². The number of hydrogen-bond donors (Lipinski definition) is 2. The lowest BCUT2D eigenvalue weighted by Gasteiger charge is -2.51. The normalized spacial score (nSPS) is 23.2. The zero-order valence-electron chi connectivity index (χ0n) is 16.1. The number of likely N-dealkylation sites (tertiary alicyclic amines) is 1. The number of rotatable bonds is 4. The smallest absolute Gasteiger partial charge is 0.246 e. The van der Waals surface area contributed by atoms with Crippen LogP contribution >= 0.6 is 0 Å². The van der Waals surface area contributed by atoms with Gasteiger partial charge in [-0.1, -0.05) is 25.1 Å². The van der Waals surface area contributed by atoms with Crippen molar-refractivity contribution in [2.24, 2.45) is 0 Å². The zero-order valence-corrected chi connectivity index (χ0v) is 16.1. The molecule has 1 aromatic carbocycles. The molecule has 27 heavy (non-hydrogen) atoms. The lowest BCUT2D eigenvalue weighted by molar-refractivity contribution is -0.161. The maximum absolute atomic E-state index is 13.4. The number of fused-ring (bicyclic) bond motifs is 1. The lowest BCUT2D eigenvalue weighted by atomic mass is 9.81. The third-order valence-electron chi connectivity index (χ3n) is 6.17. The van der Waals surface area contributed by atoms with Gasteiger partial charge in [-0.25, -0.2) is 0 Å². The minimum atomic E-state index is -0.670. The maximum Gasteiger partial charge on any atom is 0.246 e. The molecule has 0 radical (unpaired) electrons. The molecule has 6 nitrogen and oxygen atoms in total. The summed E-state index contributed by atoms with van der Waals surface area (Å²) in [5, 5.41) is 4.18. The molecule has 2 amide bonds. The fraction of sp³-hybridized carbons (Fsp3) is 0.524. The summed E-state index contributed by atoms with van der Waals surface area (Å²) in [4.78, 5) is 33.9. The Labute approximate surface area is 159 Å². The summed E-state index contributed by atoms with van der Waals surface area (Å²) in [6, 6.07) is 7.57. The number of H-pyrrole nitrogens is 1. The molecule has 2 aliphatic rings. The summed E-state index contributed by atoms with van der Waals surface area (Å²) in [7, 11) is 2.07. The summed E-state index contributed by atoms with van der Waals surface area (Å²) in [5.41, 5.74) is 1.45. The number of nitrogens with one attached hydrogen (secondary N) is 2. The van der Waals surface area contributed by atoms with Gasteiger partial charge < -0.3 is 20.1 Å². The molecule has 1 aromatic heterocycles. The van der Waals surface area contributed by atoms with Gasteiger partial charge in [-0.2, -0.15) is 0 Å². The molecular formula is C21H28N4O2. The van der Waals surface area contributed by atoms with E-state index < -0.39 is 11.6 Å². The number of nitrogens with zero attached hydrogens (tertiary/aromatic N) is 2. The van der Waals surface area contributed by atoms with E-state index in [1.165, 1.54) is 0 Å². The Morgan fingerprint density at radius 1 is 1.19 bits per heavy atom. The second kappa shape index (κ2) is 7.00. The van der Waals surface area contributed by atoms with Crippen LogP contribution in [0.4, 0.5) is 0 Å². The Bertz CT molecular complexity index is 851. The number of aromatic nitrogens is 1. The number of piperazine rings is 1. The fourth-order valence-corrected chi connectivity index (χ4v) is 4.57. The first-order chi connectivity index (χ1) is 13.0. The number of piperidine rings is 1. The summed E-state index contributed by atoms with van der Waals surface area (Å²) >= 11 is 0.